The van der Waals surface area contributed by atoms with Crippen LogP contribution in [0.3, 0.4) is 0 Å². The Morgan fingerprint density at radius 1 is 1.27 bits per heavy atom. The number of hydrogen-bond acceptors (Lipinski definition) is 1. The molecule has 0 aromatic rings. The number of rotatable bonds is 2. The fourth-order valence-corrected chi connectivity index (χ4v) is 2.92. The van der Waals surface area contributed by atoms with Crippen LogP contribution in [0.4, 0.5) is 0 Å². The minimum absolute atomic E-state index is 0.565. The molecular weight excluding hydrogens is 182 g/mol. The Kier molecular flexibility index (Phi) is 3.50. The maximum absolute atomic E-state index is 2.69. The maximum atomic E-state index is 2.69. The van der Waals surface area contributed by atoms with Crippen LogP contribution in [-0.4, -0.2) is 24.5 Å². The summed E-state index contributed by atoms with van der Waals surface area (Å²) in [7, 11) is 0. The van der Waals surface area contributed by atoms with Gasteiger partial charge in [-0.1, -0.05) is 26.0 Å². The molecule has 1 atom stereocenters. The molecule has 0 bridgehead atoms. The minimum atomic E-state index is 0.565. The second-order valence-corrected chi connectivity index (χ2v) is 5.98. The third-order valence-electron chi connectivity index (χ3n) is 4.17. The molecule has 2 rings (SSSR count). The molecule has 1 fully saturated rings. The van der Waals surface area contributed by atoms with Crippen molar-refractivity contribution in [2.24, 2.45) is 11.3 Å². The van der Waals surface area contributed by atoms with Crippen LogP contribution >= 0.6 is 0 Å². The van der Waals surface area contributed by atoms with Crippen LogP contribution in [0.5, 0.6) is 0 Å². The van der Waals surface area contributed by atoms with Gasteiger partial charge >= 0.3 is 0 Å². The van der Waals surface area contributed by atoms with E-state index >= 15 is 0 Å². The van der Waals surface area contributed by atoms with E-state index < -0.39 is 0 Å². The Balaban J connectivity index is 1.83. The molecule has 15 heavy (non-hydrogen) atoms. The van der Waals surface area contributed by atoms with Crippen molar-refractivity contribution in [3.8, 4) is 0 Å². The van der Waals surface area contributed by atoms with Crippen LogP contribution in [0, 0.1) is 11.3 Å². The van der Waals surface area contributed by atoms with E-state index in [0.29, 0.717) is 5.41 Å². The minimum Gasteiger partial charge on any atom is -0.303 e. The van der Waals surface area contributed by atoms with E-state index in [4.69, 9.17) is 0 Å². The molecule has 1 heteroatoms. The number of likely N-dealkylation sites (tertiary alicyclic amines) is 1. The second kappa shape index (κ2) is 4.69. The van der Waals surface area contributed by atoms with E-state index in [2.05, 4.69) is 30.9 Å². The lowest BCUT2D eigenvalue weighted by Crippen LogP contribution is -2.41. The first-order valence-corrected chi connectivity index (χ1v) is 6.55. The normalized spacial score (nSPS) is 34.5. The van der Waals surface area contributed by atoms with E-state index in [1.807, 2.05) is 0 Å². The molecule has 0 N–H and O–H groups in total. The molecule has 1 aliphatic heterocycles. The van der Waals surface area contributed by atoms with Crippen molar-refractivity contribution in [3.63, 3.8) is 0 Å². The van der Waals surface area contributed by atoms with Gasteiger partial charge in [-0.15, -0.1) is 0 Å². The van der Waals surface area contributed by atoms with Crippen molar-refractivity contribution in [2.75, 3.05) is 19.6 Å². The molecule has 1 unspecified atom stereocenters. The molecule has 0 amide bonds. The Labute approximate surface area is 94.5 Å². The highest BCUT2D eigenvalue weighted by Gasteiger charge is 2.28. The summed E-state index contributed by atoms with van der Waals surface area (Å²) >= 11 is 0. The summed E-state index contributed by atoms with van der Waals surface area (Å²) in [4.78, 5) is 2.69. The lowest BCUT2D eigenvalue weighted by atomic mass is 9.78. The quantitative estimate of drug-likeness (QED) is 0.627. The van der Waals surface area contributed by atoms with E-state index in [1.165, 1.54) is 51.7 Å². The van der Waals surface area contributed by atoms with Gasteiger partial charge in [0.15, 0.2) is 0 Å². The first-order chi connectivity index (χ1) is 7.18. The molecular formula is C14H25N. The topological polar surface area (TPSA) is 3.24 Å². The SMILES string of the molecule is CC1CCN(CC2(C)CC=CCC2)CC1. The zero-order valence-corrected chi connectivity index (χ0v) is 10.3. The van der Waals surface area contributed by atoms with Crippen molar-refractivity contribution < 1.29 is 0 Å². The number of hydrogen-bond donors (Lipinski definition) is 0. The van der Waals surface area contributed by atoms with Crippen LogP contribution in [0.25, 0.3) is 0 Å². The van der Waals surface area contributed by atoms with Gasteiger partial charge in [-0.05, 0) is 56.5 Å². The average molecular weight is 207 g/mol. The van der Waals surface area contributed by atoms with Crippen molar-refractivity contribution >= 4 is 0 Å². The Hall–Kier alpha value is -0.300. The van der Waals surface area contributed by atoms with Gasteiger partial charge in [0.1, 0.15) is 0 Å². The Morgan fingerprint density at radius 3 is 2.60 bits per heavy atom. The summed E-state index contributed by atoms with van der Waals surface area (Å²) in [6, 6.07) is 0. The molecule has 1 heterocycles. The van der Waals surface area contributed by atoms with Gasteiger partial charge in [-0.2, -0.15) is 0 Å². The first kappa shape index (κ1) is 11.2. The monoisotopic (exact) mass is 207 g/mol. The fraction of sp³-hybridized carbons (Fsp3) is 0.857. The van der Waals surface area contributed by atoms with Crippen LogP contribution in [0.2, 0.25) is 0 Å². The van der Waals surface area contributed by atoms with Crippen LogP contribution < -0.4 is 0 Å². The van der Waals surface area contributed by atoms with E-state index in [9.17, 15) is 0 Å². The Morgan fingerprint density at radius 2 is 2.00 bits per heavy atom. The summed E-state index contributed by atoms with van der Waals surface area (Å²) in [5, 5.41) is 0. The molecule has 0 aromatic heterocycles. The fourth-order valence-electron chi connectivity index (χ4n) is 2.92. The average Bonchev–Trinajstić information content (AvgIpc) is 2.22. The molecule has 1 nitrogen and oxygen atoms in total. The molecule has 2 aliphatic rings. The number of nitrogens with zero attached hydrogens (tertiary/aromatic N) is 1. The van der Waals surface area contributed by atoms with Gasteiger partial charge in [-0.3, -0.25) is 0 Å². The van der Waals surface area contributed by atoms with E-state index in [-0.39, 0.29) is 0 Å². The van der Waals surface area contributed by atoms with Gasteiger partial charge in [0.25, 0.3) is 0 Å². The third kappa shape index (κ3) is 3.07. The first-order valence-electron chi connectivity index (χ1n) is 6.55. The molecule has 1 aliphatic carbocycles. The van der Waals surface area contributed by atoms with Crippen molar-refractivity contribution in [1.29, 1.82) is 0 Å². The summed E-state index contributed by atoms with van der Waals surface area (Å²) < 4.78 is 0. The van der Waals surface area contributed by atoms with Gasteiger partial charge in [0.2, 0.25) is 0 Å². The molecule has 1 saturated heterocycles. The predicted molar refractivity (Wildman–Crippen MR) is 65.9 cm³/mol. The molecule has 86 valence electrons. The highest BCUT2D eigenvalue weighted by molar-refractivity contribution is 4.97. The zero-order valence-electron chi connectivity index (χ0n) is 10.3. The third-order valence-corrected chi connectivity index (χ3v) is 4.17. The maximum Gasteiger partial charge on any atom is 0.00384 e. The van der Waals surface area contributed by atoms with Crippen molar-refractivity contribution in [1.82, 2.24) is 4.90 Å². The number of piperidine rings is 1. The predicted octanol–water partition coefficient (Wildman–Crippen LogP) is 3.46. The molecule has 0 aromatic carbocycles. The van der Waals surface area contributed by atoms with Gasteiger partial charge in [0.05, 0.1) is 0 Å². The molecule has 0 radical (unpaired) electrons. The smallest absolute Gasteiger partial charge is 0.00384 e. The zero-order chi connectivity index (χ0) is 10.7. The molecule has 0 spiro atoms. The lowest BCUT2D eigenvalue weighted by molar-refractivity contribution is 0.116. The van der Waals surface area contributed by atoms with Crippen molar-refractivity contribution in [2.45, 2.75) is 46.0 Å². The van der Waals surface area contributed by atoms with Gasteiger partial charge in [-0.25, -0.2) is 0 Å². The van der Waals surface area contributed by atoms with E-state index in [0.717, 1.165) is 5.92 Å². The summed E-state index contributed by atoms with van der Waals surface area (Å²) in [6.07, 6.45) is 11.5. The summed E-state index contributed by atoms with van der Waals surface area (Å²) in [5.41, 5.74) is 0.565. The summed E-state index contributed by atoms with van der Waals surface area (Å²) in [6.45, 7) is 8.85. The molecule has 0 saturated carbocycles. The lowest BCUT2D eigenvalue weighted by Gasteiger charge is -2.39. The van der Waals surface area contributed by atoms with Gasteiger partial charge in [0, 0.05) is 6.54 Å². The van der Waals surface area contributed by atoms with Crippen molar-refractivity contribution in [3.05, 3.63) is 12.2 Å². The van der Waals surface area contributed by atoms with Gasteiger partial charge < -0.3 is 4.90 Å². The highest BCUT2D eigenvalue weighted by Crippen LogP contribution is 2.33. The summed E-state index contributed by atoms with van der Waals surface area (Å²) in [5.74, 6) is 0.959. The largest absolute Gasteiger partial charge is 0.303 e. The second-order valence-electron chi connectivity index (χ2n) is 5.98. The Bertz CT molecular complexity index is 225. The van der Waals surface area contributed by atoms with Crippen LogP contribution in [0.1, 0.15) is 46.0 Å². The van der Waals surface area contributed by atoms with E-state index in [1.54, 1.807) is 0 Å². The van der Waals surface area contributed by atoms with Crippen LogP contribution in [-0.2, 0) is 0 Å². The highest BCUT2D eigenvalue weighted by atomic mass is 15.1. The standard InChI is InChI=1S/C14H25N/c1-13-6-10-15(11-7-13)12-14(2)8-4-3-5-9-14/h3-4,13H,5-12H2,1-2H3. The van der Waals surface area contributed by atoms with Crippen LogP contribution in [0.15, 0.2) is 12.2 Å². The number of allylic oxidation sites excluding steroid dienone is 2.